The average molecular weight is 292 g/mol. The molecule has 0 bridgehead atoms. The van der Waals surface area contributed by atoms with E-state index in [1.807, 2.05) is 0 Å². The van der Waals surface area contributed by atoms with Crippen molar-refractivity contribution >= 4 is 11.8 Å². The van der Waals surface area contributed by atoms with Gasteiger partial charge in [0.25, 0.3) is 5.91 Å². The van der Waals surface area contributed by atoms with Gasteiger partial charge in [-0.05, 0) is 25.1 Å². The molecule has 1 rings (SSSR count). The smallest absolute Gasteiger partial charge is 0.252 e. The molecule has 1 aromatic carbocycles. The molecule has 1 aromatic rings. The van der Waals surface area contributed by atoms with E-state index >= 15 is 0 Å². The fourth-order valence-corrected chi connectivity index (χ4v) is 1.68. The summed E-state index contributed by atoms with van der Waals surface area (Å²) in [6.45, 7) is 1.53. The lowest BCUT2D eigenvalue weighted by molar-refractivity contribution is -0.118. The quantitative estimate of drug-likeness (QED) is 0.692. The van der Waals surface area contributed by atoms with Crippen LogP contribution in [0.3, 0.4) is 0 Å². The molecule has 2 amide bonds. The molecule has 0 radical (unpaired) electrons. The largest absolute Gasteiger partial charge is 0.395 e. The van der Waals surface area contributed by atoms with Gasteiger partial charge in [0.15, 0.2) is 0 Å². The van der Waals surface area contributed by atoms with Gasteiger partial charge in [-0.2, -0.15) is 0 Å². The van der Waals surface area contributed by atoms with Gasteiger partial charge in [-0.15, -0.1) is 0 Å². The minimum atomic E-state index is -0.560. The van der Waals surface area contributed by atoms with Crippen molar-refractivity contribution in [3.63, 3.8) is 0 Å². The zero-order valence-corrected chi connectivity index (χ0v) is 11.6. The van der Waals surface area contributed by atoms with Crippen molar-refractivity contribution in [2.75, 3.05) is 6.61 Å². The van der Waals surface area contributed by atoms with Crippen molar-refractivity contribution in [2.24, 2.45) is 5.73 Å². The summed E-state index contributed by atoms with van der Waals surface area (Å²) in [5.41, 5.74) is 5.48. The number of hydrogen-bond acceptors (Lipinski definition) is 3. The van der Waals surface area contributed by atoms with E-state index in [1.165, 1.54) is 12.1 Å². The Labute approximate surface area is 122 Å². The molecular weight excluding hydrogens is 275 g/mol. The van der Waals surface area contributed by atoms with Crippen LogP contribution in [0.4, 0.5) is 4.39 Å². The van der Waals surface area contributed by atoms with Gasteiger partial charge in [0.1, 0.15) is 5.82 Å². The molecule has 0 fully saturated rings. The molecule has 1 unspecified atom stereocenters. The first-order chi connectivity index (χ1) is 9.93. The van der Waals surface area contributed by atoms with E-state index in [2.05, 4.69) is 17.2 Å². The van der Waals surface area contributed by atoms with E-state index in [1.54, 1.807) is 6.92 Å². The Morgan fingerprint density at radius 1 is 1.48 bits per heavy atom. The highest BCUT2D eigenvalue weighted by molar-refractivity contribution is 5.97. The number of hydrogen-bond donors (Lipinski definition) is 3. The Morgan fingerprint density at radius 2 is 2.19 bits per heavy atom. The van der Waals surface area contributed by atoms with Gasteiger partial charge in [-0.1, -0.05) is 11.8 Å². The van der Waals surface area contributed by atoms with Crippen LogP contribution in [0.1, 0.15) is 35.7 Å². The first-order valence-corrected chi connectivity index (χ1v) is 6.42. The molecule has 1 atom stereocenters. The third-order valence-corrected chi connectivity index (χ3v) is 2.57. The number of primary amides is 1. The lowest BCUT2D eigenvalue weighted by atomic mass is 10.1. The summed E-state index contributed by atoms with van der Waals surface area (Å²) in [5.74, 6) is 3.75. The monoisotopic (exact) mass is 292 g/mol. The summed E-state index contributed by atoms with van der Waals surface area (Å²) < 4.78 is 13.3. The van der Waals surface area contributed by atoms with Crippen LogP contribution < -0.4 is 11.1 Å². The Bertz CT molecular complexity index is 590. The lowest BCUT2D eigenvalue weighted by Gasteiger charge is -2.13. The van der Waals surface area contributed by atoms with Gasteiger partial charge in [-0.3, -0.25) is 9.59 Å². The van der Waals surface area contributed by atoms with Crippen LogP contribution in [0.2, 0.25) is 0 Å². The molecule has 0 saturated carbocycles. The van der Waals surface area contributed by atoms with E-state index in [-0.39, 0.29) is 25.0 Å². The average Bonchev–Trinajstić information content (AvgIpc) is 2.39. The summed E-state index contributed by atoms with van der Waals surface area (Å²) in [6, 6.07) is 3.21. The maximum atomic E-state index is 13.3. The number of carbonyl (C=O) groups excluding carboxylic acids is 2. The molecule has 0 aliphatic heterocycles. The molecule has 21 heavy (non-hydrogen) atoms. The number of aliphatic hydroxyl groups is 1. The summed E-state index contributed by atoms with van der Waals surface area (Å²) >= 11 is 0. The lowest BCUT2D eigenvalue weighted by Crippen LogP contribution is -2.36. The topological polar surface area (TPSA) is 92.4 Å². The standard InChI is InChI=1S/C15H17FN2O3/c1-10(8-14(17)20)18-15(21)13-9-12(16)6-5-11(13)4-2-3-7-19/h5-6,9-10,19H,3,7-8H2,1H3,(H2,17,20)(H,18,21). The molecule has 0 heterocycles. The number of carbonyl (C=O) groups is 2. The zero-order chi connectivity index (χ0) is 15.8. The number of benzene rings is 1. The molecule has 0 saturated heterocycles. The predicted octanol–water partition coefficient (Wildman–Crippen LogP) is 0.553. The van der Waals surface area contributed by atoms with Crippen molar-refractivity contribution < 1.29 is 19.1 Å². The van der Waals surface area contributed by atoms with Gasteiger partial charge >= 0.3 is 0 Å². The molecule has 5 nitrogen and oxygen atoms in total. The van der Waals surface area contributed by atoms with Crippen LogP contribution in [0.15, 0.2) is 18.2 Å². The first kappa shape index (κ1) is 16.7. The number of amides is 2. The number of nitrogens with one attached hydrogen (secondary N) is 1. The fraction of sp³-hybridized carbons (Fsp3) is 0.333. The Morgan fingerprint density at radius 3 is 2.81 bits per heavy atom. The Kier molecular flexibility index (Phi) is 6.37. The highest BCUT2D eigenvalue weighted by Crippen LogP contribution is 2.11. The second-order valence-corrected chi connectivity index (χ2v) is 4.51. The fourth-order valence-electron chi connectivity index (χ4n) is 1.68. The van der Waals surface area contributed by atoms with Gasteiger partial charge in [0, 0.05) is 24.4 Å². The third kappa shape index (κ3) is 5.63. The van der Waals surface area contributed by atoms with Crippen LogP contribution in [0.5, 0.6) is 0 Å². The number of rotatable bonds is 5. The van der Waals surface area contributed by atoms with Crippen LogP contribution in [0, 0.1) is 17.7 Å². The maximum absolute atomic E-state index is 13.3. The van der Waals surface area contributed by atoms with Crippen LogP contribution >= 0.6 is 0 Å². The highest BCUT2D eigenvalue weighted by Gasteiger charge is 2.15. The Balaban J connectivity index is 2.94. The summed E-state index contributed by atoms with van der Waals surface area (Å²) in [4.78, 5) is 22.9. The zero-order valence-electron chi connectivity index (χ0n) is 11.6. The van der Waals surface area contributed by atoms with Crippen LogP contribution in [-0.4, -0.2) is 29.6 Å². The van der Waals surface area contributed by atoms with E-state index in [4.69, 9.17) is 10.8 Å². The molecule has 0 aliphatic rings. The molecule has 112 valence electrons. The minimum Gasteiger partial charge on any atom is -0.395 e. The highest BCUT2D eigenvalue weighted by atomic mass is 19.1. The van der Waals surface area contributed by atoms with Crippen molar-refractivity contribution in [3.8, 4) is 11.8 Å². The maximum Gasteiger partial charge on any atom is 0.252 e. The number of nitrogens with two attached hydrogens (primary N) is 1. The van der Waals surface area contributed by atoms with Gasteiger partial charge in [-0.25, -0.2) is 4.39 Å². The van der Waals surface area contributed by atoms with E-state index in [0.717, 1.165) is 6.07 Å². The third-order valence-electron chi connectivity index (χ3n) is 2.57. The Hall–Kier alpha value is -2.39. The van der Waals surface area contributed by atoms with Crippen molar-refractivity contribution in [1.82, 2.24) is 5.32 Å². The van der Waals surface area contributed by atoms with Crippen molar-refractivity contribution in [2.45, 2.75) is 25.8 Å². The molecule has 4 N–H and O–H groups in total. The molecule has 0 spiro atoms. The second kappa shape index (κ2) is 8.02. The van der Waals surface area contributed by atoms with Gasteiger partial charge < -0.3 is 16.2 Å². The summed E-state index contributed by atoms with van der Waals surface area (Å²) in [6.07, 6.45) is 0.253. The normalized spacial score (nSPS) is 11.2. The number of halogens is 1. The van der Waals surface area contributed by atoms with E-state index in [9.17, 15) is 14.0 Å². The van der Waals surface area contributed by atoms with Crippen molar-refractivity contribution in [1.29, 1.82) is 0 Å². The minimum absolute atomic E-state index is 0.00736. The first-order valence-electron chi connectivity index (χ1n) is 6.42. The number of aliphatic hydroxyl groups excluding tert-OH is 1. The van der Waals surface area contributed by atoms with E-state index < -0.39 is 23.7 Å². The van der Waals surface area contributed by atoms with Crippen LogP contribution in [0.25, 0.3) is 0 Å². The predicted molar refractivity (Wildman–Crippen MR) is 75.7 cm³/mol. The molecule has 0 aromatic heterocycles. The SMILES string of the molecule is CC(CC(N)=O)NC(=O)c1cc(F)ccc1C#CCCO. The molecule has 0 aliphatic carbocycles. The second-order valence-electron chi connectivity index (χ2n) is 4.51. The summed E-state index contributed by atoms with van der Waals surface area (Å²) in [5, 5.41) is 11.2. The summed E-state index contributed by atoms with van der Waals surface area (Å²) in [7, 11) is 0. The van der Waals surface area contributed by atoms with Gasteiger partial charge in [0.2, 0.25) is 5.91 Å². The van der Waals surface area contributed by atoms with Crippen LogP contribution in [-0.2, 0) is 4.79 Å². The molecular formula is C15H17FN2O3. The van der Waals surface area contributed by atoms with E-state index in [0.29, 0.717) is 5.56 Å². The van der Waals surface area contributed by atoms with Crippen molar-refractivity contribution in [3.05, 3.63) is 35.1 Å². The molecule has 6 heteroatoms. The van der Waals surface area contributed by atoms with Gasteiger partial charge in [0.05, 0.1) is 12.2 Å².